The number of amides is 2. The van der Waals surface area contributed by atoms with Gasteiger partial charge in [0.25, 0.3) is 0 Å². The first kappa shape index (κ1) is 25.7. The van der Waals surface area contributed by atoms with Crippen LogP contribution in [0, 0.1) is 11.3 Å². The van der Waals surface area contributed by atoms with Crippen LogP contribution in [-0.4, -0.2) is 53.0 Å². The topological polar surface area (TPSA) is 160 Å². The minimum atomic E-state index is -1.25. The van der Waals surface area contributed by atoms with Gasteiger partial charge in [0, 0.05) is 43.1 Å². The van der Waals surface area contributed by atoms with Gasteiger partial charge in [0.15, 0.2) is 0 Å². The third-order valence-corrected chi connectivity index (χ3v) is 7.02. The van der Waals surface area contributed by atoms with Gasteiger partial charge in [-0.1, -0.05) is 6.07 Å². The van der Waals surface area contributed by atoms with Crippen LogP contribution in [0.4, 0.5) is 23.1 Å². The first-order valence-electron chi connectivity index (χ1n) is 11.8. The van der Waals surface area contributed by atoms with Gasteiger partial charge in [-0.05, 0) is 60.8 Å². The summed E-state index contributed by atoms with van der Waals surface area (Å²) in [6.45, 7) is 3.92. The maximum absolute atomic E-state index is 12.1. The lowest BCUT2D eigenvalue weighted by molar-refractivity contribution is -0.148. The van der Waals surface area contributed by atoms with E-state index in [0.717, 1.165) is 24.2 Å². The largest absolute Gasteiger partial charge is 0.462 e. The van der Waals surface area contributed by atoms with Crippen molar-refractivity contribution in [2.45, 2.75) is 45.3 Å². The summed E-state index contributed by atoms with van der Waals surface area (Å²) in [5, 5.41) is 12.6. The normalized spacial score (nSPS) is 20.5. The third-order valence-electron chi connectivity index (χ3n) is 6.44. The van der Waals surface area contributed by atoms with Gasteiger partial charge >= 0.3 is 5.97 Å². The summed E-state index contributed by atoms with van der Waals surface area (Å²) in [6, 6.07) is 7.82. The number of hydrogen-bond donors (Lipinski definition) is 5. The van der Waals surface area contributed by atoms with Crippen LogP contribution in [0.2, 0.25) is 0 Å². The van der Waals surface area contributed by atoms with Gasteiger partial charge in [0.05, 0.1) is 10.4 Å². The molecule has 2 bridgehead atoms. The molecule has 1 aliphatic heterocycles. The number of halogens is 1. The first-order valence-corrected chi connectivity index (χ1v) is 12.6. The monoisotopic (exact) mass is 559 g/mol. The molecular weight excluding hydrogens is 530 g/mol. The number of nitrogens with zero attached hydrogens (tertiary/aromatic N) is 2. The maximum Gasteiger partial charge on any atom is 0.311 e. The lowest BCUT2D eigenvalue weighted by Crippen LogP contribution is -2.46. The van der Waals surface area contributed by atoms with E-state index in [-0.39, 0.29) is 24.0 Å². The highest BCUT2D eigenvalue weighted by Crippen LogP contribution is 2.38. The van der Waals surface area contributed by atoms with Gasteiger partial charge in [0.2, 0.25) is 17.8 Å². The molecule has 2 heterocycles. The predicted octanol–water partition coefficient (Wildman–Crippen LogP) is 2.53. The molecule has 12 heteroatoms. The van der Waals surface area contributed by atoms with E-state index in [1.807, 2.05) is 24.3 Å². The second-order valence-electron chi connectivity index (χ2n) is 9.51. The zero-order valence-electron chi connectivity index (χ0n) is 20.1. The molecule has 1 saturated heterocycles. The summed E-state index contributed by atoms with van der Waals surface area (Å²) in [6.07, 6.45) is 3.91. The molecule has 11 nitrogen and oxygen atoms in total. The van der Waals surface area contributed by atoms with Gasteiger partial charge in [0.1, 0.15) is 17.3 Å². The average molecular weight is 560 g/mol. The van der Waals surface area contributed by atoms with E-state index in [1.54, 1.807) is 6.20 Å². The Balaban J connectivity index is 1.29. The standard InChI is InChI=1S/C24H30BrN7O4/c1-24(2,21(26)34)22(35)28-8-4-7-27-19-17(25)12-29-23(32-19)31-14-6-3-5-13(9-14)30-18-11-15-10-16(18)20(33)36-15/h3,5-6,9,12,15-16,18,30H,4,7-8,10-11H2,1-2H3,(H2,26,34)(H,28,35)(H2,27,29,31,32). The van der Waals surface area contributed by atoms with Crippen LogP contribution in [0.3, 0.4) is 0 Å². The lowest BCUT2D eigenvalue weighted by atomic mass is 9.91. The highest BCUT2D eigenvalue weighted by atomic mass is 79.9. The Kier molecular flexibility index (Phi) is 7.62. The molecule has 2 aromatic rings. The van der Waals surface area contributed by atoms with Crippen LogP contribution in [0.25, 0.3) is 0 Å². The van der Waals surface area contributed by atoms with Crippen molar-refractivity contribution in [2.75, 3.05) is 29.0 Å². The minimum Gasteiger partial charge on any atom is -0.462 e. The van der Waals surface area contributed by atoms with Crippen molar-refractivity contribution in [1.82, 2.24) is 15.3 Å². The lowest BCUT2D eigenvalue weighted by Gasteiger charge is -2.23. The fourth-order valence-electron chi connectivity index (χ4n) is 4.17. The number of carbonyl (C=O) groups is 3. The smallest absolute Gasteiger partial charge is 0.311 e. The molecule has 0 radical (unpaired) electrons. The Morgan fingerprint density at radius 2 is 2.00 bits per heavy atom. The highest BCUT2D eigenvalue weighted by Gasteiger charge is 2.47. The van der Waals surface area contributed by atoms with Gasteiger partial charge in [-0.2, -0.15) is 4.98 Å². The summed E-state index contributed by atoms with van der Waals surface area (Å²) in [4.78, 5) is 44.2. The second-order valence-corrected chi connectivity index (χ2v) is 10.4. The first-order chi connectivity index (χ1) is 17.1. The predicted molar refractivity (Wildman–Crippen MR) is 139 cm³/mol. The zero-order valence-corrected chi connectivity index (χ0v) is 21.7. The molecule has 4 rings (SSSR count). The number of rotatable bonds is 11. The summed E-state index contributed by atoms with van der Waals surface area (Å²) in [5.74, 6) is -0.249. The van der Waals surface area contributed by atoms with Crippen LogP contribution in [0.5, 0.6) is 0 Å². The molecule has 36 heavy (non-hydrogen) atoms. The van der Waals surface area contributed by atoms with Crippen LogP contribution in [0.15, 0.2) is 34.9 Å². The van der Waals surface area contributed by atoms with Crippen LogP contribution in [0.1, 0.15) is 33.1 Å². The van der Waals surface area contributed by atoms with E-state index in [4.69, 9.17) is 10.5 Å². The molecule has 1 aromatic carbocycles. The van der Waals surface area contributed by atoms with E-state index < -0.39 is 17.2 Å². The fourth-order valence-corrected chi connectivity index (χ4v) is 4.50. The van der Waals surface area contributed by atoms with Crippen molar-refractivity contribution in [3.8, 4) is 0 Å². The average Bonchev–Trinajstić information content (AvgIpc) is 3.39. The van der Waals surface area contributed by atoms with E-state index in [0.29, 0.717) is 35.7 Å². The number of carbonyl (C=O) groups excluding carboxylic acids is 3. The summed E-state index contributed by atoms with van der Waals surface area (Å²) in [5.41, 5.74) is 5.73. The van der Waals surface area contributed by atoms with Gasteiger partial charge in [-0.25, -0.2) is 4.98 Å². The molecule has 2 amide bonds. The molecule has 192 valence electrons. The number of fused-ring (bicyclic) bond motifs is 2. The zero-order chi connectivity index (χ0) is 25.9. The van der Waals surface area contributed by atoms with Crippen LogP contribution >= 0.6 is 15.9 Å². The molecule has 1 saturated carbocycles. The Bertz CT molecular complexity index is 1160. The maximum atomic E-state index is 12.1. The van der Waals surface area contributed by atoms with Crippen molar-refractivity contribution in [3.63, 3.8) is 0 Å². The third kappa shape index (κ3) is 5.86. The number of nitrogens with two attached hydrogens (primary N) is 1. The molecule has 6 N–H and O–H groups in total. The molecule has 3 unspecified atom stereocenters. The van der Waals surface area contributed by atoms with Crippen molar-refractivity contribution in [2.24, 2.45) is 17.1 Å². The second kappa shape index (κ2) is 10.7. The molecule has 3 atom stereocenters. The number of aromatic nitrogens is 2. The van der Waals surface area contributed by atoms with Crippen LogP contribution in [-0.2, 0) is 19.1 Å². The Morgan fingerprint density at radius 3 is 2.72 bits per heavy atom. The molecule has 2 aliphatic rings. The number of nitrogens with one attached hydrogen (secondary N) is 4. The van der Waals surface area contributed by atoms with Crippen molar-refractivity contribution < 1.29 is 19.1 Å². The van der Waals surface area contributed by atoms with Gasteiger partial charge in [-0.15, -0.1) is 0 Å². The number of esters is 1. The Morgan fingerprint density at radius 1 is 1.22 bits per heavy atom. The minimum absolute atomic E-state index is 0.0293. The van der Waals surface area contributed by atoms with Crippen LogP contribution < -0.4 is 27.0 Å². The van der Waals surface area contributed by atoms with E-state index in [9.17, 15) is 14.4 Å². The molecule has 2 fully saturated rings. The molecule has 1 aromatic heterocycles. The van der Waals surface area contributed by atoms with E-state index in [1.165, 1.54) is 13.8 Å². The number of benzene rings is 1. The SMILES string of the molecule is CC(C)(C(N)=O)C(=O)NCCCNc1nc(Nc2cccc(NC3CC4CC3C(=O)O4)c2)ncc1Br. The van der Waals surface area contributed by atoms with Crippen molar-refractivity contribution in [1.29, 1.82) is 0 Å². The Labute approximate surface area is 217 Å². The summed E-state index contributed by atoms with van der Waals surface area (Å²) < 4.78 is 5.97. The van der Waals surface area contributed by atoms with E-state index in [2.05, 4.69) is 47.2 Å². The number of anilines is 4. The summed E-state index contributed by atoms with van der Waals surface area (Å²) in [7, 11) is 0. The molecular formula is C24H30BrN7O4. The number of hydrogen-bond acceptors (Lipinski definition) is 9. The van der Waals surface area contributed by atoms with Gasteiger partial charge < -0.3 is 31.7 Å². The van der Waals surface area contributed by atoms with Crippen molar-refractivity contribution in [3.05, 3.63) is 34.9 Å². The molecule has 0 spiro atoms. The molecule has 1 aliphatic carbocycles. The number of ether oxygens (including phenoxy) is 1. The summed E-state index contributed by atoms with van der Waals surface area (Å²) >= 11 is 3.45. The quantitative estimate of drug-likeness (QED) is 0.158. The highest BCUT2D eigenvalue weighted by molar-refractivity contribution is 9.10. The Hall–Kier alpha value is -3.41. The fraction of sp³-hybridized carbons (Fsp3) is 0.458. The van der Waals surface area contributed by atoms with E-state index >= 15 is 0 Å². The number of primary amides is 1. The van der Waals surface area contributed by atoms with Gasteiger partial charge in [-0.3, -0.25) is 14.4 Å². The van der Waals surface area contributed by atoms with Crippen molar-refractivity contribution >= 4 is 56.9 Å².